The maximum absolute atomic E-state index is 12.2. The van der Waals surface area contributed by atoms with Crippen molar-refractivity contribution in [2.45, 2.75) is 17.2 Å². The molecule has 1 atom stereocenters. The van der Waals surface area contributed by atoms with Crippen LogP contribution in [0.15, 0.2) is 35.4 Å². The smallest absolute Gasteiger partial charge is 0.325 e. The van der Waals surface area contributed by atoms with Crippen molar-refractivity contribution in [3.8, 4) is 5.75 Å². The Balaban J connectivity index is 2.07. The van der Waals surface area contributed by atoms with E-state index in [0.29, 0.717) is 16.3 Å². The third-order valence-corrected chi connectivity index (χ3v) is 3.80. The number of hydrogen-bond acceptors (Lipinski definition) is 5. The number of benzene rings is 1. The van der Waals surface area contributed by atoms with Gasteiger partial charge in [-0.15, -0.1) is 5.10 Å². The molecular formula is C12H13N3O4S. The van der Waals surface area contributed by atoms with Crippen molar-refractivity contribution in [3.05, 3.63) is 36.2 Å². The standard InChI is InChI=1S/C12H13N3O4S/c1-19-10-3-2-4-11(5-10)20(18)8-9-6-15(14-13-9)7-12(16)17/h2-6H,7-8H2,1H3,(H,16,17). The summed E-state index contributed by atoms with van der Waals surface area (Å²) >= 11 is 0. The summed E-state index contributed by atoms with van der Waals surface area (Å²) in [5, 5.41) is 16.1. The molecule has 0 aliphatic heterocycles. The summed E-state index contributed by atoms with van der Waals surface area (Å²) in [6, 6.07) is 6.95. The van der Waals surface area contributed by atoms with Gasteiger partial charge in [-0.1, -0.05) is 11.3 Å². The maximum atomic E-state index is 12.2. The molecule has 8 heteroatoms. The number of carboxylic acids is 1. The van der Waals surface area contributed by atoms with E-state index in [1.54, 1.807) is 31.4 Å². The molecule has 0 fully saturated rings. The molecule has 1 N–H and O–H groups in total. The molecule has 0 amide bonds. The molecule has 106 valence electrons. The average molecular weight is 295 g/mol. The minimum absolute atomic E-state index is 0.173. The second-order valence-electron chi connectivity index (χ2n) is 3.97. The first-order valence-electron chi connectivity index (χ1n) is 5.71. The van der Waals surface area contributed by atoms with Crippen LogP contribution in [0.1, 0.15) is 5.69 Å². The van der Waals surface area contributed by atoms with Crippen molar-refractivity contribution in [2.75, 3.05) is 7.11 Å². The van der Waals surface area contributed by atoms with Gasteiger partial charge in [0.05, 0.1) is 35.6 Å². The fourth-order valence-electron chi connectivity index (χ4n) is 1.58. The molecule has 20 heavy (non-hydrogen) atoms. The lowest BCUT2D eigenvalue weighted by Crippen LogP contribution is -2.08. The number of carbonyl (C=O) groups is 1. The molecular weight excluding hydrogens is 282 g/mol. The number of hydrogen-bond donors (Lipinski definition) is 1. The van der Waals surface area contributed by atoms with Gasteiger partial charge in [-0.25, -0.2) is 4.68 Å². The molecule has 0 spiro atoms. The monoisotopic (exact) mass is 295 g/mol. The van der Waals surface area contributed by atoms with Crippen molar-refractivity contribution in [3.63, 3.8) is 0 Å². The van der Waals surface area contributed by atoms with E-state index in [0.717, 1.165) is 0 Å². The zero-order chi connectivity index (χ0) is 14.5. The summed E-state index contributed by atoms with van der Waals surface area (Å²) in [6.45, 7) is -0.265. The molecule has 2 aromatic rings. The van der Waals surface area contributed by atoms with Crippen LogP contribution in [0.25, 0.3) is 0 Å². The van der Waals surface area contributed by atoms with Crippen LogP contribution in [0.4, 0.5) is 0 Å². The van der Waals surface area contributed by atoms with E-state index in [2.05, 4.69) is 10.3 Å². The highest BCUT2D eigenvalue weighted by Crippen LogP contribution is 2.17. The van der Waals surface area contributed by atoms with E-state index in [1.807, 2.05) is 0 Å². The van der Waals surface area contributed by atoms with Crippen molar-refractivity contribution in [1.29, 1.82) is 0 Å². The first kappa shape index (κ1) is 14.2. The van der Waals surface area contributed by atoms with Gasteiger partial charge in [0.1, 0.15) is 12.3 Å². The van der Waals surface area contributed by atoms with E-state index in [-0.39, 0.29) is 12.3 Å². The van der Waals surface area contributed by atoms with Crippen LogP contribution in [-0.4, -0.2) is 37.4 Å². The number of methoxy groups -OCH3 is 1. The van der Waals surface area contributed by atoms with E-state index in [1.165, 1.54) is 10.9 Å². The van der Waals surface area contributed by atoms with Crippen LogP contribution in [0.3, 0.4) is 0 Å². The van der Waals surface area contributed by atoms with E-state index < -0.39 is 16.8 Å². The number of aliphatic carboxylic acids is 1. The first-order valence-corrected chi connectivity index (χ1v) is 7.03. The van der Waals surface area contributed by atoms with Gasteiger partial charge < -0.3 is 9.84 Å². The lowest BCUT2D eigenvalue weighted by atomic mass is 10.3. The topological polar surface area (TPSA) is 94.3 Å². The molecule has 1 aromatic heterocycles. The lowest BCUT2D eigenvalue weighted by Gasteiger charge is -2.03. The van der Waals surface area contributed by atoms with E-state index in [4.69, 9.17) is 9.84 Å². The van der Waals surface area contributed by atoms with Crippen molar-refractivity contribution >= 4 is 16.8 Å². The molecule has 2 rings (SSSR count). The van der Waals surface area contributed by atoms with Gasteiger partial charge in [0.15, 0.2) is 0 Å². The van der Waals surface area contributed by atoms with Crippen molar-refractivity contribution in [1.82, 2.24) is 15.0 Å². The first-order chi connectivity index (χ1) is 9.58. The maximum Gasteiger partial charge on any atom is 0.325 e. The van der Waals surface area contributed by atoms with Gasteiger partial charge in [0, 0.05) is 4.90 Å². The van der Waals surface area contributed by atoms with Gasteiger partial charge in [-0.2, -0.15) is 0 Å². The molecule has 0 saturated heterocycles. The van der Waals surface area contributed by atoms with Gasteiger partial charge in [0.25, 0.3) is 0 Å². The van der Waals surface area contributed by atoms with Gasteiger partial charge in [-0.05, 0) is 18.2 Å². The van der Waals surface area contributed by atoms with Crippen LogP contribution < -0.4 is 4.74 Å². The largest absolute Gasteiger partial charge is 0.497 e. The summed E-state index contributed by atoms with van der Waals surface area (Å²) in [4.78, 5) is 11.2. The van der Waals surface area contributed by atoms with Crippen LogP contribution in [0.2, 0.25) is 0 Å². The minimum atomic E-state index is -1.29. The van der Waals surface area contributed by atoms with Gasteiger partial charge in [0.2, 0.25) is 0 Å². The summed E-state index contributed by atoms with van der Waals surface area (Å²) < 4.78 is 18.4. The SMILES string of the molecule is COc1cccc(S(=O)Cc2cn(CC(=O)O)nn2)c1. The predicted molar refractivity (Wildman–Crippen MR) is 70.8 cm³/mol. The Morgan fingerprint density at radius 2 is 2.30 bits per heavy atom. The Morgan fingerprint density at radius 3 is 3.00 bits per heavy atom. The second kappa shape index (κ2) is 6.29. The molecule has 0 bridgehead atoms. The van der Waals surface area contributed by atoms with E-state index in [9.17, 15) is 9.00 Å². The Kier molecular flexibility index (Phi) is 4.46. The highest BCUT2D eigenvalue weighted by molar-refractivity contribution is 7.84. The lowest BCUT2D eigenvalue weighted by molar-refractivity contribution is -0.137. The molecule has 1 heterocycles. The fraction of sp³-hybridized carbons (Fsp3) is 0.250. The number of rotatable bonds is 6. The van der Waals surface area contributed by atoms with Crippen LogP contribution in [0, 0.1) is 0 Å². The highest BCUT2D eigenvalue weighted by atomic mass is 32.2. The Labute approximate surface area is 117 Å². The highest BCUT2D eigenvalue weighted by Gasteiger charge is 2.10. The normalized spacial score (nSPS) is 12.1. The molecule has 7 nitrogen and oxygen atoms in total. The molecule has 0 radical (unpaired) electrons. The zero-order valence-corrected chi connectivity index (χ0v) is 11.5. The number of aromatic nitrogens is 3. The van der Waals surface area contributed by atoms with Crippen molar-refractivity contribution < 1.29 is 18.8 Å². The Bertz CT molecular complexity index is 641. The third-order valence-electron chi connectivity index (χ3n) is 2.47. The molecule has 0 saturated carbocycles. The third kappa shape index (κ3) is 3.64. The van der Waals surface area contributed by atoms with E-state index >= 15 is 0 Å². The van der Waals surface area contributed by atoms with Crippen LogP contribution in [0.5, 0.6) is 5.75 Å². The Hall–Kier alpha value is -2.22. The summed E-state index contributed by atoms with van der Waals surface area (Å²) in [7, 11) is 0.252. The fourth-order valence-corrected chi connectivity index (χ4v) is 2.63. The van der Waals surface area contributed by atoms with Gasteiger partial charge in [-0.3, -0.25) is 9.00 Å². The van der Waals surface area contributed by atoms with Crippen molar-refractivity contribution in [2.24, 2.45) is 0 Å². The molecule has 1 aromatic carbocycles. The second-order valence-corrected chi connectivity index (χ2v) is 5.42. The predicted octanol–water partition coefficient (Wildman–Crippen LogP) is 0.679. The number of nitrogens with zero attached hydrogens (tertiary/aromatic N) is 3. The van der Waals surface area contributed by atoms with Crippen LogP contribution in [-0.2, 0) is 27.9 Å². The number of carboxylic acid groups (broad SMARTS) is 1. The van der Waals surface area contributed by atoms with Gasteiger partial charge >= 0.3 is 5.97 Å². The molecule has 0 aliphatic carbocycles. The summed E-state index contributed by atoms with van der Waals surface area (Å²) in [6.07, 6.45) is 1.48. The van der Waals surface area contributed by atoms with Crippen LogP contribution >= 0.6 is 0 Å². The quantitative estimate of drug-likeness (QED) is 0.842. The minimum Gasteiger partial charge on any atom is -0.497 e. The average Bonchev–Trinajstić information content (AvgIpc) is 2.85. The zero-order valence-electron chi connectivity index (χ0n) is 10.7. The molecule has 0 aliphatic rings. The summed E-state index contributed by atoms with van der Waals surface area (Å²) in [5.41, 5.74) is 0.479. The summed E-state index contributed by atoms with van der Waals surface area (Å²) in [5.74, 6) is -0.201. The molecule has 1 unspecified atom stereocenters. The number of ether oxygens (including phenoxy) is 1. The Morgan fingerprint density at radius 1 is 1.50 bits per heavy atom.